The second-order valence-corrected chi connectivity index (χ2v) is 5.66. The van der Waals surface area contributed by atoms with E-state index in [2.05, 4.69) is 11.0 Å². The van der Waals surface area contributed by atoms with Gasteiger partial charge in [0.25, 0.3) is 0 Å². The number of ketones is 1. The van der Waals surface area contributed by atoms with Crippen LogP contribution in [0, 0.1) is 0 Å². The van der Waals surface area contributed by atoms with E-state index in [1.54, 1.807) is 12.1 Å². The number of aliphatic hydroxyl groups is 1. The van der Waals surface area contributed by atoms with E-state index in [0.717, 1.165) is 30.1 Å². The van der Waals surface area contributed by atoms with Gasteiger partial charge in [0.2, 0.25) is 0 Å². The quantitative estimate of drug-likeness (QED) is 0.882. The summed E-state index contributed by atoms with van der Waals surface area (Å²) < 4.78 is 0. The van der Waals surface area contributed by atoms with E-state index in [-0.39, 0.29) is 5.78 Å². The number of fused-ring (bicyclic) bond motifs is 1. The highest BCUT2D eigenvalue weighted by Gasteiger charge is 2.19. The van der Waals surface area contributed by atoms with E-state index in [9.17, 15) is 4.79 Å². The predicted molar refractivity (Wildman–Crippen MR) is 84.1 cm³/mol. The maximum absolute atomic E-state index is 11.4. The largest absolute Gasteiger partial charge is 0.388 e. The summed E-state index contributed by atoms with van der Waals surface area (Å²) >= 11 is 6.02. The van der Waals surface area contributed by atoms with Crippen molar-refractivity contribution in [3.63, 3.8) is 0 Å². The first-order valence-electron chi connectivity index (χ1n) is 6.94. The number of hydrogen-bond donors (Lipinski definition) is 1. The van der Waals surface area contributed by atoms with Crippen LogP contribution in [0.1, 0.15) is 21.5 Å². The molecule has 1 N–H and O–H groups in total. The molecule has 4 heteroatoms. The zero-order valence-electron chi connectivity index (χ0n) is 11.6. The average molecular weight is 302 g/mol. The number of anilines is 1. The van der Waals surface area contributed by atoms with Gasteiger partial charge in [0.05, 0.1) is 0 Å². The van der Waals surface area contributed by atoms with Gasteiger partial charge in [0.1, 0.15) is 6.61 Å². The third-order valence-electron chi connectivity index (χ3n) is 3.83. The molecular formula is C17H16ClNO2. The number of Topliss-reactive ketones (excluding diaryl/α,β-unsaturated/α-hetero) is 1. The highest BCUT2D eigenvalue weighted by Crippen LogP contribution is 2.31. The van der Waals surface area contributed by atoms with Gasteiger partial charge in [-0.3, -0.25) is 4.79 Å². The monoisotopic (exact) mass is 301 g/mol. The Kier molecular flexibility index (Phi) is 3.95. The average Bonchev–Trinajstić information content (AvgIpc) is 2.89. The van der Waals surface area contributed by atoms with Crippen LogP contribution in [0.2, 0.25) is 5.02 Å². The summed E-state index contributed by atoms with van der Waals surface area (Å²) in [7, 11) is 0. The van der Waals surface area contributed by atoms with Crippen LogP contribution in [0.15, 0.2) is 42.5 Å². The molecule has 0 unspecified atom stereocenters. The number of aliphatic hydroxyl groups excluding tert-OH is 1. The van der Waals surface area contributed by atoms with Crippen molar-refractivity contribution >= 4 is 23.1 Å². The minimum Gasteiger partial charge on any atom is -0.388 e. The van der Waals surface area contributed by atoms with Gasteiger partial charge in [-0.15, -0.1) is 0 Å². The van der Waals surface area contributed by atoms with Crippen LogP contribution < -0.4 is 4.90 Å². The Hall–Kier alpha value is -1.84. The van der Waals surface area contributed by atoms with Gasteiger partial charge in [0.15, 0.2) is 5.78 Å². The van der Waals surface area contributed by atoms with Crippen LogP contribution in [-0.2, 0) is 13.0 Å². The van der Waals surface area contributed by atoms with Crippen LogP contribution in [0.25, 0.3) is 0 Å². The lowest BCUT2D eigenvalue weighted by molar-refractivity contribution is 0.0904. The molecule has 0 radical (unpaired) electrons. The first kappa shape index (κ1) is 14.1. The summed E-state index contributed by atoms with van der Waals surface area (Å²) in [4.78, 5) is 13.7. The number of rotatable bonds is 4. The third kappa shape index (κ3) is 2.94. The molecule has 0 bridgehead atoms. The molecule has 1 aliphatic heterocycles. The molecule has 3 nitrogen and oxygen atoms in total. The van der Waals surface area contributed by atoms with Gasteiger partial charge in [0, 0.05) is 29.4 Å². The van der Waals surface area contributed by atoms with Gasteiger partial charge >= 0.3 is 0 Å². The van der Waals surface area contributed by atoms with Gasteiger partial charge < -0.3 is 10.0 Å². The zero-order valence-corrected chi connectivity index (χ0v) is 12.3. The lowest BCUT2D eigenvalue weighted by atomic mass is 10.1. The predicted octanol–water partition coefficient (Wildman–Crippen LogP) is 3.08. The lowest BCUT2D eigenvalue weighted by Gasteiger charge is -2.19. The molecule has 21 heavy (non-hydrogen) atoms. The molecule has 0 aromatic heterocycles. The smallest absolute Gasteiger partial charge is 0.188 e. The van der Waals surface area contributed by atoms with Gasteiger partial charge in [-0.25, -0.2) is 0 Å². The fraction of sp³-hybridized carbons (Fsp3) is 0.235. The van der Waals surface area contributed by atoms with E-state index in [0.29, 0.717) is 5.56 Å². The molecule has 108 valence electrons. The lowest BCUT2D eigenvalue weighted by Crippen LogP contribution is -2.19. The highest BCUT2D eigenvalue weighted by atomic mass is 35.5. The van der Waals surface area contributed by atoms with Crippen LogP contribution in [0.3, 0.4) is 0 Å². The second kappa shape index (κ2) is 5.88. The van der Waals surface area contributed by atoms with Crippen molar-refractivity contribution in [1.29, 1.82) is 0 Å². The normalized spacial score (nSPS) is 13.3. The summed E-state index contributed by atoms with van der Waals surface area (Å²) in [6.07, 6.45) is 1.01. The molecule has 2 aromatic carbocycles. The molecule has 1 heterocycles. The van der Waals surface area contributed by atoms with Gasteiger partial charge in [-0.2, -0.15) is 0 Å². The van der Waals surface area contributed by atoms with Crippen molar-refractivity contribution in [2.24, 2.45) is 0 Å². The molecule has 3 rings (SSSR count). The van der Waals surface area contributed by atoms with E-state index >= 15 is 0 Å². The Morgan fingerprint density at radius 2 is 1.95 bits per heavy atom. The summed E-state index contributed by atoms with van der Waals surface area (Å²) in [5.74, 6) is -0.247. The summed E-state index contributed by atoms with van der Waals surface area (Å²) in [5.41, 5.74) is 4.21. The molecule has 0 amide bonds. The molecule has 0 aliphatic carbocycles. The van der Waals surface area contributed by atoms with E-state index in [1.807, 2.05) is 24.3 Å². The van der Waals surface area contributed by atoms with Crippen molar-refractivity contribution in [3.05, 3.63) is 64.2 Å². The van der Waals surface area contributed by atoms with Crippen LogP contribution in [0.4, 0.5) is 5.69 Å². The van der Waals surface area contributed by atoms with E-state index in [4.69, 9.17) is 16.7 Å². The number of benzene rings is 2. The number of halogens is 1. The molecule has 0 fully saturated rings. The Labute approximate surface area is 128 Å². The Morgan fingerprint density at radius 3 is 2.67 bits per heavy atom. The van der Waals surface area contributed by atoms with Crippen molar-refractivity contribution in [2.75, 3.05) is 18.1 Å². The fourth-order valence-corrected chi connectivity index (χ4v) is 2.91. The van der Waals surface area contributed by atoms with Crippen LogP contribution in [-0.4, -0.2) is 24.0 Å². The van der Waals surface area contributed by atoms with Crippen molar-refractivity contribution < 1.29 is 9.90 Å². The van der Waals surface area contributed by atoms with Crippen molar-refractivity contribution in [3.8, 4) is 0 Å². The van der Waals surface area contributed by atoms with Crippen LogP contribution in [0.5, 0.6) is 0 Å². The zero-order chi connectivity index (χ0) is 14.8. The Balaban J connectivity index is 1.75. The van der Waals surface area contributed by atoms with Gasteiger partial charge in [-0.1, -0.05) is 35.9 Å². The molecular weight excluding hydrogens is 286 g/mol. The van der Waals surface area contributed by atoms with E-state index < -0.39 is 6.61 Å². The second-order valence-electron chi connectivity index (χ2n) is 5.22. The maximum Gasteiger partial charge on any atom is 0.188 e. The number of carbonyl (C=O) groups excluding carboxylic acids is 1. The first-order valence-corrected chi connectivity index (χ1v) is 7.31. The molecule has 1 aliphatic rings. The van der Waals surface area contributed by atoms with Crippen LogP contribution >= 0.6 is 11.6 Å². The molecule has 0 saturated heterocycles. The number of nitrogens with zero attached hydrogens (tertiary/aromatic N) is 1. The molecule has 0 saturated carbocycles. The number of hydrogen-bond acceptors (Lipinski definition) is 3. The minimum absolute atomic E-state index is 0.247. The highest BCUT2D eigenvalue weighted by molar-refractivity contribution is 6.30. The number of carbonyl (C=O) groups is 1. The summed E-state index contributed by atoms with van der Waals surface area (Å²) in [5, 5.41) is 9.63. The Bertz CT molecular complexity index is 667. The fourth-order valence-electron chi connectivity index (χ4n) is 2.71. The third-order valence-corrected chi connectivity index (χ3v) is 4.06. The van der Waals surface area contributed by atoms with Gasteiger partial charge in [-0.05, 0) is 35.7 Å². The minimum atomic E-state index is -0.445. The maximum atomic E-state index is 11.4. The molecule has 0 spiro atoms. The summed E-state index contributed by atoms with van der Waals surface area (Å²) in [6.45, 7) is 1.34. The standard InChI is InChI=1S/C17H16ClNO2/c18-15-5-6-16-14(9-15)7-8-19(16)10-12-1-3-13(4-2-12)17(21)11-20/h1-6,9,20H,7-8,10-11H2. The SMILES string of the molecule is O=C(CO)c1ccc(CN2CCc3cc(Cl)ccc32)cc1. The Morgan fingerprint density at radius 1 is 1.19 bits per heavy atom. The topological polar surface area (TPSA) is 40.5 Å². The molecule has 0 atom stereocenters. The van der Waals surface area contributed by atoms with Crippen molar-refractivity contribution in [2.45, 2.75) is 13.0 Å². The first-order chi connectivity index (χ1) is 10.2. The van der Waals surface area contributed by atoms with E-state index in [1.165, 1.54) is 11.3 Å². The molecule has 2 aromatic rings. The summed E-state index contributed by atoms with van der Waals surface area (Å²) in [6, 6.07) is 13.4. The van der Waals surface area contributed by atoms with Crippen molar-refractivity contribution in [1.82, 2.24) is 0 Å².